The molecule has 0 aliphatic carbocycles. The predicted octanol–water partition coefficient (Wildman–Crippen LogP) is 1.51. The maximum absolute atomic E-state index is 10.3. The molecule has 56 valence electrons. The van der Waals surface area contributed by atoms with E-state index in [4.69, 9.17) is 4.74 Å². The van der Waals surface area contributed by atoms with Crippen molar-refractivity contribution in [3.63, 3.8) is 0 Å². The van der Waals surface area contributed by atoms with Crippen molar-refractivity contribution in [1.82, 2.24) is 0 Å². The fourth-order valence-corrected chi connectivity index (χ4v) is 1.24. The molecule has 10 heavy (non-hydrogen) atoms. The first-order valence-corrected chi connectivity index (χ1v) is 3.52. The Hall–Kier alpha value is -0.790. The molecule has 0 saturated heterocycles. The SMILES string of the molecule is CC1=CC(C)CC(C=O)O1. The molecule has 1 aliphatic heterocycles. The van der Waals surface area contributed by atoms with Gasteiger partial charge >= 0.3 is 0 Å². The Labute approximate surface area is 60.9 Å². The van der Waals surface area contributed by atoms with Gasteiger partial charge in [-0.05, 0) is 25.3 Å². The summed E-state index contributed by atoms with van der Waals surface area (Å²) in [6, 6.07) is 0. The molecule has 2 nitrogen and oxygen atoms in total. The smallest absolute Gasteiger partial charge is 0.160 e. The first-order chi connectivity index (χ1) is 4.72. The lowest BCUT2D eigenvalue weighted by molar-refractivity contribution is -0.117. The molecular weight excluding hydrogens is 128 g/mol. The lowest BCUT2D eigenvalue weighted by Crippen LogP contribution is -2.20. The quantitative estimate of drug-likeness (QED) is 0.516. The molecule has 2 unspecified atom stereocenters. The van der Waals surface area contributed by atoms with Crippen molar-refractivity contribution < 1.29 is 9.53 Å². The Morgan fingerprint density at radius 1 is 1.80 bits per heavy atom. The van der Waals surface area contributed by atoms with Crippen LogP contribution in [0.25, 0.3) is 0 Å². The Balaban J connectivity index is 2.60. The molecule has 0 saturated carbocycles. The zero-order valence-electron chi connectivity index (χ0n) is 6.33. The minimum absolute atomic E-state index is 0.208. The number of carbonyl (C=O) groups is 1. The first-order valence-electron chi connectivity index (χ1n) is 3.52. The molecule has 0 N–H and O–H groups in total. The third-order valence-electron chi connectivity index (χ3n) is 1.61. The summed E-state index contributed by atoms with van der Waals surface area (Å²) in [6.45, 7) is 3.97. The van der Waals surface area contributed by atoms with Gasteiger partial charge in [0.2, 0.25) is 0 Å². The van der Waals surface area contributed by atoms with E-state index in [-0.39, 0.29) is 6.10 Å². The van der Waals surface area contributed by atoms with Crippen LogP contribution in [0.5, 0.6) is 0 Å². The Kier molecular flexibility index (Phi) is 2.10. The van der Waals surface area contributed by atoms with Crippen molar-refractivity contribution >= 4 is 6.29 Å². The van der Waals surface area contributed by atoms with Gasteiger partial charge in [-0.15, -0.1) is 0 Å². The number of hydrogen-bond donors (Lipinski definition) is 0. The highest BCUT2D eigenvalue weighted by Gasteiger charge is 2.17. The summed E-state index contributed by atoms with van der Waals surface area (Å²) >= 11 is 0. The van der Waals surface area contributed by atoms with Crippen molar-refractivity contribution in [2.24, 2.45) is 5.92 Å². The van der Waals surface area contributed by atoms with E-state index in [9.17, 15) is 4.79 Å². The Morgan fingerprint density at radius 2 is 2.50 bits per heavy atom. The van der Waals surface area contributed by atoms with Crippen LogP contribution >= 0.6 is 0 Å². The number of aldehydes is 1. The average Bonchev–Trinajstić information content (AvgIpc) is 1.85. The summed E-state index contributed by atoms with van der Waals surface area (Å²) in [5.41, 5.74) is 0. The van der Waals surface area contributed by atoms with E-state index in [0.29, 0.717) is 5.92 Å². The normalized spacial score (nSPS) is 32.4. The summed E-state index contributed by atoms with van der Waals surface area (Å²) in [5, 5.41) is 0. The standard InChI is InChI=1S/C8H12O2/c1-6-3-7(2)10-8(4-6)5-9/h3,5-6,8H,4H2,1-2H3. The van der Waals surface area contributed by atoms with Crippen molar-refractivity contribution in [3.8, 4) is 0 Å². The summed E-state index contributed by atoms with van der Waals surface area (Å²) in [4.78, 5) is 10.3. The fraction of sp³-hybridized carbons (Fsp3) is 0.625. The minimum atomic E-state index is -0.208. The molecule has 0 spiro atoms. The van der Waals surface area contributed by atoms with E-state index >= 15 is 0 Å². The molecule has 0 aromatic carbocycles. The number of allylic oxidation sites excluding steroid dienone is 2. The molecule has 0 aromatic heterocycles. The summed E-state index contributed by atoms with van der Waals surface area (Å²) < 4.78 is 5.20. The van der Waals surface area contributed by atoms with Crippen molar-refractivity contribution in [2.45, 2.75) is 26.4 Å². The lowest BCUT2D eigenvalue weighted by Gasteiger charge is -2.22. The van der Waals surface area contributed by atoms with Crippen molar-refractivity contribution in [3.05, 3.63) is 11.8 Å². The second-order valence-corrected chi connectivity index (χ2v) is 2.78. The molecule has 0 radical (unpaired) electrons. The van der Waals surface area contributed by atoms with E-state index in [1.54, 1.807) is 0 Å². The third-order valence-corrected chi connectivity index (χ3v) is 1.61. The monoisotopic (exact) mass is 140 g/mol. The van der Waals surface area contributed by atoms with Crippen LogP contribution < -0.4 is 0 Å². The topological polar surface area (TPSA) is 26.3 Å². The van der Waals surface area contributed by atoms with Gasteiger partial charge in [-0.25, -0.2) is 0 Å². The predicted molar refractivity (Wildman–Crippen MR) is 38.5 cm³/mol. The summed E-state index contributed by atoms with van der Waals surface area (Å²) in [5.74, 6) is 1.35. The number of ether oxygens (including phenoxy) is 1. The van der Waals surface area contributed by atoms with E-state index in [0.717, 1.165) is 18.5 Å². The average molecular weight is 140 g/mol. The highest BCUT2D eigenvalue weighted by molar-refractivity contribution is 5.56. The van der Waals surface area contributed by atoms with Gasteiger partial charge in [0.1, 0.15) is 0 Å². The molecule has 2 atom stereocenters. The molecule has 2 heteroatoms. The van der Waals surface area contributed by atoms with Gasteiger partial charge in [-0.3, -0.25) is 4.79 Å². The van der Waals surface area contributed by atoms with E-state index in [1.807, 2.05) is 13.0 Å². The van der Waals surface area contributed by atoms with Crippen molar-refractivity contribution in [2.75, 3.05) is 0 Å². The second-order valence-electron chi connectivity index (χ2n) is 2.78. The van der Waals surface area contributed by atoms with Crippen LogP contribution in [-0.2, 0) is 9.53 Å². The molecule has 0 aromatic rings. The molecular formula is C8H12O2. The molecule has 0 bridgehead atoms. The maximum Gasteiger partial charge on any atom is 0.160 e. The molecule has 1 rings (SSSR count). The first kappa shape index (κ1) is 7.32. The van der Waals surface area contributed by atoms with Crippen molar-refractivity contribution in [1.29, 1.82) is 0 Å². The van der Waals surface area contributed by atoms with Gasteiger partial charge in [0.15, 0.2) is 12.4 Å². The number of hydrogen-bond acceptors (Lipinski definition) is 2. The zero-order chi connectivity index (χ0) is 7.56. The van der Waals surface area contributed by atoms with Crippen LogP contribution in [0, 0.1) is 5.92 Å². The molecule has 0 amide bonds. The van der Waals surface area contributed by atoms with Crippen LogP contribution in [0.4, 0.5) is 0 Å². The second kappa shape index (κ2) is 2.86. The van der Waals surface area contributed by atoms with Crippen LogP contribution in [0.3, 0.4) is 0 Å². The van der Waals surface area contributed by atoms with Gasteiger partial charge in [-0.2, -0.15) is 0 Å². The highest BCUT2D eigenvalue weighted by Crippen LogP contribution is 2.19. The fourth-order valence-electron chi connectivity index (χ4n) is 1.24. The zero-order valence-corrected chi connectivity index (χ0v) is 6.33. The Bertz CT molecular complexity index is 161. The Morgan fingerprint density at radius 3 is 3.00 bits per heavy atom. The van der Waals surface area contributed by atoms with Crippen LogP contribution in [0.15, 0.2) is 11.8 Å². The maximum atomic E-state index is 10.3. The van der Waals surface area contributed by atoms with Gasteiger partial charge in [0.25, 0.3) is 0 Å². The van der Waals surface area contributed by atoms with Gasteiger partial charge in [0, 0.05) is 0 Å². The van der Waals surface area contributed by atoms with Gasteiger partial charge in [-0.1, -0.05) is 6.92 Å². The lowest BCUT2D eigenvalue weighted by atomic mass is 10.0. The van der Waals surface area contributed by atoms with Gasteiger partial charge in [0.05, 0.1) is 5.76 Å². The van der Waals surface area contributed by atoms with E-state index in [1.165, 1.54) is 0 Å². The van der Waals surface area contributed by atoms with Crippen LogP contribution in [0.1, 0.15) is 20.3 Å². The third kappa shape index (κ3) is 1.59. The summed E-state index contributed by atoms with van der Waals surface area (Å²) in [7, 11) is 0. The van der Waals surface area contributed by atoms with Crippen LogP contribution in [0.2, 0.25) is 0 Å². The highest BCUT2D eigenvalue weighted by atomic mass is 16.5. The van der Waals surface area contributed by atoms with E-state index in [2.05, 4.69) is 6.92 Å². The number of carbonyl (C=O) groups excluding carboxylic acids is 1. The van der Waals surface area contributed by atoms with Crippen LogP contribution in [-0.4, -0.2) is 12.4 Å². The summed E-state index contributed by atoms with van der Waals surface area (Å²) in [6.07, 6.45) is 3.52. The van der Waals surface area contributed by atoms with E-state index < -0.39 is 0 Å². The van der Waals surface area contributed by atoms with Gasteiger partial charge < -0.3 is 4.74 Å². The largest absolute Gasteiger partial charge is 0.488 e. The minimum Gasteiger partial charge on any atom is -0.488 e. The molecule has 1 heterocycles. The molecule has 1 aliphatic rings. The molecule has 0 fully saturated rings. The number of rotatable bonds is 1.